The molecule has 1 heterocycles. The molecule has 4 nitrogen and oxygen atoms in total. The third-order valence-corrected chi connectivity index (χ3v) is 3.08. The predicted molar refractivity (Wildman–Crippen MR) is 76.0 cm³/mol. The Morgan fingerprint density at radius 2 is 1.55 bits per heavy atom. The van der Waals surface area contributed by atoms with E-state index < -0.39 is 0 Å². The number of carbonyl (C=O) groups excluding carboxylic acids is 1. The number of methoxy groups -OCH3 is 1. The largest absolute Gasteiger partial charge is 0.497 e. The molecule has 2 aromatic carbocycles. The van der Waals surface area contributed by atoms with E-state index in [9.17, 15) is 4.79 Å². The molecular weight excluding hydrogens is 252 g/mol. The number of rotatable bonds is 3. The van der Waals surface area contributed by atoms with Gasteiger partial charge < -0.3 is 4.74 Å². The van der Waals surface area contributed by atoms with Gasteiger partial charge in [-0.25, -0.2) is 0 Å². The van der Waals surface area contributed by atoms with E-state index in [1.165, 1.54) is 0 Å². The van der Waals surface area contributed by atoms with E-state index in [-0.39, 0.29) is 5.78 Å². The molecule has 0 saturated heterocycles. The van der Waals surface area contributed by atoms with Crippen LogP contribution in [-0.2, 0) is 0 Å². The van der Waals surface area contributed by atoms with Crippen LogP contribution in [-0.4, -0.2) is 22.9 Å². The molecule has 0 spiro atoms. The van der Waals surface area contributed by atoms with E-state index in [1.807, 2.05) is 0 Å². The third-order valence-electron chi connectivity index (χ3n) is 3.08. The summed E-state index contributed by atoms with van der Waals surface area (Å²) in [6, 6.07) is 12.4. The van der Waals surface area contributed by atoms with Gasteiger partial charge in [-0.05, 0) is 42.5 Å². The van der Waals surface area contributed by atoms with Gasteiger partial charge in [0.1, 0.15) is 5.75 Å². The topological polar surface area (TPSA) is 52.1 Å². The first-order chi connectivity index (χ1) is 9.78. The summed E-state index contributed by atoms with van der Waals surface area (Å²) in [5, 5.41) is 0. The van der Waals surface area contributed by atoms with E-state index in [0.717, 1.165) is 11.3 Å². The fourth-order valence-electron chi connectivity index (χ4n) is 2.01. The zero-order valence-electron chi connectivity index (χ0n) is 10.9. The molecule has 0 unspecified atom stereocenters. The minimum absolute atomic E-state index is 0.0415. The Labute approximate surface area is 116 Å². The van der Waals surface area contributed by atoms with Gasteiger partial charge in [-0.15, -0.1) is 0 Å². The minimum Gasteiger partial charge on any atom is -0.497 e. The second kappa shape index (κ2) is 5.09. The lowest BCUT2D eigenvalue weighted by molar-refractivity contribution is 0.103. The maximum Gasteiger partial charge on any atom is 0.193 e. The summed E-state index contributed by atoms with van der Waals surface area (Å²) >= 11 is 0. The lowest BCUT2D eigenvalue weighted by Crippen LogP contribution is -2.01. The number of ketones is 1. The van der Waals surface area contributed by atoms with E-state index >= 15 is 0 Å². The summed E-state index contributed by atoms with van der Waals surface area (Å²) in [5.41, 5.74) is 2.71. The van der Waals surface area contributed by atoms with Crippen molar-refractivity contribution in [3.8, 4) is 5.75 Å². The Hall–Kier alpha value is -2.75. The van der Waals surface area contributed by atoms with Gasteiger partial charge in [0.15, 0.2) is 5.78 Å². The molecular formula is C16H12N2O2. The number of hydrogen-bond donors (Lipinski definition) is 0. The molecule has 0 amide bonds. The second-order valence-corrected chi connectivity index (χ2v) is 4.32. The number of hydrogen-bond acceptors (Lipinski definition) is 4. The Morgan fingerprint density at radius 1 is 0.900 bits per heavy atom. The number of carbonyl (C=O) groups is 1. The molecule has 0 aliphatic carbocycles. The summed E-state index contributed by atoms with van der Waals surface area (Å²) in [4.78, 5) is 20.8. The van der Waals surface area contributed by atoms with Crippen molar-refractivity contribution in [2.24, 2.45) is 0 Å². The molecule has 0 fully saturated rings. The normalized spacial score (nSPS) is 10.4. The van der Waals surface area contributed by atoms with Crippen LogP contribution in [0.15, 0.2) is 54.9 Å². The minimum atomic E-state index is -0.0415. The van der Waals surface area contributed by atoms with Gasteiger partial charge in [-0.1, -0.05) is 0 Å². The van der Waals surface area contributed by atoms with Crippen LogP contribution < -0.4 is 4.74 Å². The predicted octanol–water partition coefficient (Wildman–Crippen LogP) is 2.87. The lowest BCUT2D eigenvalue weighted by Gasteiger charge is -2.04. The van der Waals surface area contributed by atoms with E-state index in [2.05, 4.69) is 9.97 Å². The molecule has 1 aromatic heterocycles. The number of ether oxygens (including phenoxy) is 1. The molecule has 20 heavy (non-hydrogen) atoms. The van der Waals surface area contributed by atoms with E-state index in [0.29, 0.717) is 16.6 Å². The average Bonchev–Trinajstić information content (AvgIpc) is 2.54. The van der Waals surface area contributed by atoms with Gasteiger partial charge in [-0.2, -0.15) is 0 Å². The van der Waals surface area contributed by atoms with Gasteiger partial charge in [0.25, 0.3) is 0 Å². The molecule has 0 saturated carbocycles. The Morgan fingerprint density at radius 3 is 2.25 bits per heavy atom. The fourth-order valence-corrected chi connectivity index (χ4v) is 2.01. The zero-order valence-corrected chi connectivity index (χ0v) is 10.9. The van der Waals surface area contributed by atoms with Gasteiger partial charge in [0.2, 0.25) is 0 Å². The first-order valence-electron chi connectivity index (χ1n) is 6.17. The summed E-state index contributed by atoms with van der Waals surface area (Å²) in [7, 11) is 1.60. The summed E-state index contributed by atoms with van der Waals surface area (Å²) in [6.45, 7) is 0. The number of benzene rings is 2. The van der Waals surface area contributed by atoms with Crippen LogP contribution in [0.3, 0.4) is 0 Å². The van der Waals surface area contributed by atoms with Crippen molar-refractivity contribution in [2.45, 2.75) is 0 Å². The molecule has 0 aliphatic rings. The van der Waals surface area contributed by atoms with Gasteiger partial charge in [0.05, 0.1) is 18.1 Å². The molecule has 4 heteroatoms. The number of nitrogens with zero attached hydrogens (tertiary/aromatic N) is 2. The molecule has 0 atom stereocenters. The highest BCUT2D eigenvalue weighted by molar-refractivity contribution is 6.10. The van der Waals surface area contributed by atoms with Crippen LogP contribution >= 0.6 is 0 Å². The Balaban J connectivity index is 1.98. The maximum absolute atomic E-state index is 12.4. The lowest BCUT2D eigenvalue weighted by atomic mass is 10.0. The van der Waals surface area contributed by atoms with E-state index in [1.54, 1.807) is 62.0 Å². The number of fused-ring (bicyclic) bond motifs is 1. The fraction of sp³-hybridized carbons (Fsp3) is 0.0625. The Bertz CT molecular complexity index is 767. The molecule has 3 rings (SSSR count). The van der Waals surface area contributed by atoms with Crippen LogP contribution in [0.4, 0.5) is 0 Å². The highest BCUT2D eigenvalue weighted by Crippen LogP contribution is 2.17. The van der Waals surface area contributed by atoms with Gasteiger partial charge >= 0.3 is 0 Å². The van der Waals surface area contributed by atoms with Crippen LogP contribution in [0.2, 0.25) is 0 Å². The second-order valence-electron chi connectivity index (χ2n) is 4.32. The molecule has 0 aliphatic heterocycles. The van der Waals surface area contributed by atoms with Gasteiger partial charge in [0, 0.05) is 23.5 Å². The highest BCUT2D eigenvalue weighted by atomic mass is 16.5. The summed E-state index contributed by atoms with van der Waals surface area (Å²) in [6.07, 6.45) is 3.25. The van der Waals surface area contributed by atoms with E-state index in [4.69, 9.17) is 4.74 Å². The Kier molecular flexibility index (Phi) is 3.13. The zero-order chi connectivity index (χ0) is 13.9. The van der Waals surface area contributed by atoms with Crippen LogP contribution in [0.25, 0.3) is 11.0 Å². The van der Waals surface area contributed by atoms with Crippen molar-refractivity contribution in [1.29, 1.82) is 0 Å². The molecule has 0 bridgehead atoms. The summed E-state index contributed by atoms with van der Waals surface area (Å²) in [5.74, 6) is 0.686. The van der Waals surface area contributed by atoms with Crippen molar-refractivity contribution in [2.75, 3.05) is 7.11 Å². The van der Waals surface area contributed by atoms with Crippen molar-refractivity contribution >= 4 is 16.8 Å². The smallest absolute Gasteiger partial charge is 0.193 e. The van der Waals surface area contributed by atoms with Crippen LogP contribution in [0, 0.1) is 0 Å². The molecule has 3 aromatic rings. The third kappa shape index (κ3) is 2.23. The first kappa shape index (κ1) is 12.3. The highest BCUT2D eigenvalue weighted by Gasteiger charge is 2.10. The number of aromatic nitrogens is 2. The summed E-state index contributed by atoms with van der Waals surface area (Å²) < 4.78 is 5.08. The molecule has 0 N–H and O–H groups in total. The van der Waals surface area contributed by atoms with Gasteiger partial charge in [-0.3, -0.25) is 14.8 Å². The van der Waals surface area contributed by atoms with Crippen molar-refractivity contribution in [3.05, 3.63) is 66.0 Å². The van der Waals surface area contributed by atoms with Crippen molar-refractivity contribution < 1.29 is 9.53 Å². The molecule has 0 radical (unpaired) electrons. The van der Waals surface area contributed by atoms with Crippen molar-refractivity contribution in [1.82, 2.24) is 9.97 Å². The van der Waals surface area contributed by atoms with Crippen molar-refractivity contribution in [3.63, 3.8) is 0 Å². The maximum atomic E-state index is 12.4. The van der Waals surface area contributed by atoms with Crippen LogP contribution in [0.5, 0.6) is 5.75 Å². The molecule has 98 valence electrons. The van der Waals surface area contributed by atoms with Crippen LogP contribution in [0.1, 0.15) is 15.9 Å². The average molecular weight is 264 g/mol. The SMILES string of the molecule is COc1ccc(C(=O)c2ccc3nccnc3c2)cc1. The quantitative estimate of drug-likeness (QED) is 0.682. The standard InChI is InChI=1S/C16H12N2O2/c1-20-13-5-2-11(3-6-13)16(19)12-4-7-14-15(10-12)18-9-8-17-14/h2-10H,1H3. The first-order valence-corrected chi connectivity index (χ1v) is 6.17. The monoisotopic (exact) mass is 264 g/mol.